The summed E-state index contributed by atoms with van der Waals surface area (Å²) in [5, 5.41) is 10.4. The van der Waals surface area contributed by atoms with Crippen molar-refractivity contribution in [1.82, 2.24) is 0 Å². The summed E-state index contributed by atoms with van der Waals surface area (Å²) >= 11 is 3.23. The van der Waals surface area contributed by atoms with Crippen LogP contribution in [0.4, 0.5) is 5.69 Å². The fraction of sp³-hybridized carbons (Fsp3) is 0.111. The van der Waals surface area contributed by atoms with Crippen molar-refractivity contribution in [3.05, 3.63) is 46.0 Å². The highest BCUT2D eigenvalue weighted by Crippen LogP contribution is 2.25. The average Bonchev–Trinajstić information content (AvgIpc) is 2.03. The predicted molar refractivity (Wildman–Crippen MR) is 55.8 cm³/mol. The van der Waals surface area contributed by atoms with E-state index in [9.17, 15) is 10.1 Å². The van der Waals surface area contributed by atoms with Crippen LogP contribution in [0.5, 0.6) is 0 Å². The maximum atomic E-state index is 10.4. The van der Waals surface area contributed by atoms with Gasteiger partial charge in [0.1, 0.15) is 0 Å². The van der Waals surface area contributed by atoms with Gasteiger partial charge in [0.2, 0.25) is 0 Å². The molecule has 0 unspecified atom stereocenters. The van der Waals surface area contributed by atoms with Gasteiger partial charge in [0.15, 0.2) is 0 Å². The van der Waals surface area contributed by atoms with Gasteiger partial charge in [-0.05, 0) is 24.1 Å². The summed E-state index contributed by atoms with van der Waals surface area (Å²) in [6, 6.07) is 4.68. The Morgan fingerprint density at radius 3 is 2.62 bits per heavy atom. The third-order valence-electron chi connectivity index (χ3n) is 1.71. The molecule has 1 rings (SSSR count). The summed E-state index contributed by atoms with van der Waals surface area (Å²) in [5.41, 5.74) is 1.84. The number of non-ortho nitro benzene ring substituents is 1. The summed E-state index contributed by atoms with van der Waals surface area (Å²) in [5.74, 6) is 0. The normalized spacial score (nSPS) is 9.69. The van der Waals surface area contributed by atoms with Crippen LogP contribution in [-0.2, 0) is 0 Å². The Morgan fingerprint density at radius 2 is 2.23 bits per heavy atom. The molecule has 0 radical (unpaired) electrons. The first kappa shape index (κ1) is 9.92. The van der Waals surface area contributed by atoms with Gasteiger partial charge in [0, 0.05) is 16.6 Å². The van der Waals surface area contributed by atoms with Gasteiger partial charge in [-0.1, -0.05) is 22.5 Å². The second kappa shape index (κ2) is 3.70. The molecule has 0 aliphatic carbocycles. The number of hydrogen-bond donors (Lipinski definition) is 0. The fourth-order valence-electron chi connectivity index (χ4n) is 1.07. The molecule has 4 heteroatoms. The van der Waals surface area contributed by atoms with E-state index in [0.29, 0.717) is 0 Å². The highest BCUT2D eigenvalue weighted by atomic mass is 79.9. The standard InChI is InChI=1S/C9H8BrNO2/c1-6-5-8(11(12)13)3-4-9(6)7(2)10/h3-5H,2H2,1H3. The van der Waals surface area contributed by atoms with E-state index in [2.05, 4.69) is 22.5 Å². The van der Waals surface area contributed by atoms with E-state index in [4.69, 9.17) is 0 Å². The van der Waals surface area contributed by atoms with Crippen LogP contribution in [0.1, 0.15) is 11.1 Å². The molecule has 0 fully saturated rings. The van der Waals surface area contributed by atoms with E-state index in [1.807, 2.05) is 6.92 Å². The molecule has 0 aliphatic rings. The van der Waals surface area contributed by atoms with Crippen LogP contribution >= 0.6 is 15.9 Å². The lowest BCUT2D eigenvalue weighted by molar-refractivity contribution is -0.384. The van der Waals surface area contributed by atoms with E-state index in [-0.39, 0.29) is 5.69 Å². The van der Waals surface area contributed by atoms with Crippen LogP contribution in [0.15, 0.2) is 24.8 Å². The quantitative estimate of drug-likeness (QED) is 0.590. The highest BCUT2D eigenvalue weighted by Gasteiger charge is 2.08. The number of halogens is 1. The molecular weight excluding hydrogens is 234 g/mol. The lowest BCUT2D eigenvalue weighted by Crippen LogP contribution is -1.90. The first-order valence-electron chi connectivity index (χ1n) is 3.62. The fourth-order valence-corrected chi connectivity index (χ4v) is 1.51. The summed E-state index contributed by atoms with van der Waals surface area (Å²) in [6.07, 6.45) is 0. The van der Waals surface area contributed by atoms with E-state index >= 15 is 0 Å². The molecule has 0 amide bonds. The average molecular weight is 242 g/mol. The molecule has 0 spiro atoms. The Bertz CT molecular complexity index is 374. The molecule has 68 valence electrons. The van der Waals surface area contributed by atoms with Crippen LogP contribution in [0, 0.1) is 17.0 Å². The molecule has 13 heavy (non-hydrogen) atoms. The summed E-state index contributed by atoms with van der Waals surface area (Å²) in [7, 11) is 0. The van der Waals surface area contributed by atoms with Crippen LogP contribution in [0.3, 0.4) is 0 Å². The lowest BCUT2D eigenvalue weighted by atomic mass is 10.1. The van der Waals surface area contributed by atoms with Crippen molar-refractivity contribution in [3.8, 4) is 0 Å². The molecule has 0 atom stereocenters. The summed E-state index contributed by atoms with van der Waals surface area (Å²) in [6.45, 7) is 5.52. The molecule has 0 aliphatic heterocycles. The smallest absolute Gasteiger partial charge is 0.258 e. The second-order valence-corrected chi connectivity index (χ2v) is 3.62. The lowest BCUT2D eigenvalue weighted by Gasteiger charge is -2.02. The molecule has 0 saturated carbocycles. The number of nitro groups is 1. The molecule has 3 nitrogen and oxygen atoms in total. The SMILES string of the molecule is C=C(Br)c1ccc([N+](=O)[O-])cc1C. The molecule has 1 aromatic carbocycles. The molecule has 1 aromatic rings. The number of benzene rings is 1. The number of hydrogen-bond acceptors (Lipinski definition) is 2. The van der Waals surface area contributed by atoms with Gasteiger partial charge in [-0.25, -0.2) is 0 Å². The Morgan fingerprint density at radius 1 is 1.62 bits per heavy atom. The van der Waals surface area contributed by atoms with Gasteiger partial charge in [0.05, 0.1) is 4.92 Å². The second-order valence-electron chi connectivity index (χ2n) is 2.66. The highest BCUT2D eigenvalue weighted by molar-refractivity contribution is 9.15. The number of nitro benzene ring substituents is 1. The molecule has 0 saturated heterocycles. The van der Waals surface area contributed by atoms with Crippen molar-refractivity contribution < 1.29 is 4.92 Å². The minimum atomic E-state index is -0.409. The van der Waals surface area contributed by atoms with Gasteiger partial charge in [-0.3, -0.25) is 10.1 Å². The van der Waals surface area contributed by atoms with Gasteiger partial charge in [-0.2, -0.15) is 0 Å². The van der Waals surface area contributed by atoms with Gasteiger partial charge >= 0.3 is 0 Å². The minimum Gasteiger partial charge on any atom is -0.258 e. The molecule has 0 bridgehead atoms. The van der Waals surface area contributed by atoms with Crippen molar-refractivity contribution in [3.63, 3.8) is 0 Å². The molecule has 0 N–H and O–H groups in total. The third-order valence-corrected chi connectivity index (χ3v) is 2.14. The van der Waals surface area contributed by atoms with Crippen molar-refractivity contribution >= 4 is 26.1 Å². The molecular formula is C9H8BrNO2. The van der Waals surface area contributed by atoms with Crippen molar-refractivity contribution in [2.75, 3.05) is 0 Å². The first-order chi connectivity index (χ1) is 6.02. The van der Waals surface area contributed by atoms with E-state index in [1.54, 1.807) is 6.07 Å². The summed E-state index contributed by atoms with van der Waals surface area (Å²) < 4.78 is 0.736. The Kier molecular flexibility index (Phi) is 2.83. The minimum absolute atomic E-state index is 0.106. The monoisotopic (exact) mass is 241 g/mol. The van der Waals surface area contributed by atoms with Crippen LogP contribution in [0.25, 0.3) is 4.48 Å². The maximum Gasteiger partial charge on any atom is 0.269 e. The number of rotatable bonds is 2. The largest absolute Gasteiger partial charge is 0.269 e. The van der Waals surface area contributed by atoms with Crippen molar-refractivity contribution in [1.29, 1.82) is 0 Å². The van der Waals surface area contributed by atoms with Gasteiger partial charge < -0.3 is 0 Å². The van der Waals surface area contributed by atoms with Crippen molar-refractivity contribution in [2.45, 2.75) is 6.92 Å². The predicted octanol–water partition coefficient (Wildman–Crippen LogP) is 3.27. The Labute approximate surface area is 84.4 Å². The van der Waals surface area contributed by atoms with Gasteiger partial charge in [0.25, 0.3) is 5.69 Å². The van der Waals surface area contributed by atoms with E-state index < -0.39 is 4.92 Å². The number of nitrogens with zero attached hydrogens (tertiary/aromatic N) is 1. The Balaban J connectivity index is 3.20. The van der Waals surface area contributed by atoms with Crippen LogP contribution in [0.2, 0.25) is 0 Å². The van der Waals surface area contributed by atoms with E-state index in [0.717, 1.165) is 15.6 Å². The van der Waals surface area contributed by atoms with Crippen molar-refractivity contribution in [2.24, 2.45) is 0 Å². The molecule has 0 heterocycles. The summed E-state index contributed by atoms with van der Waals surface area (Å²) in [4.78, 5) is 10.00. The maximum absolute atomic E-state index is 10.4. The zero-order valence-electron chi connectivity index (χ0n) is 7.08. The van der Waals surface area contributed by atoms with Gasteiger partial charge in [-0.15, -0.1) is 0 Å². The van der Waals surface area contributed by atoms with Crippen LogP contribution < -0.4 is 0 Å². The zero-order valence-corrected chi connectivity index (χ0v) is 8.67. The van der Waals surface area contributed by atoms with Crippen LogP contribution in [-0.4, -0.2) is 4.92 Å². The molecule has 0 aromatic heterocycles. The Hall–Kier alpha value is -1.16. The van der Waals surface area contributed by atoms with E-state index in [1.165, 1.54) is 12.1 Å². The third kappa shape index (κ3) is 2.15. The first-order valence-corrected chi connectivity index (χ1v) is 4.41. The number of aryl methyl sites for hydroxylation is 1. The zero-order chi connectivity index (χ0) is 10.0. The topological polar surface area (TPSA) is 43.1 Å².